The third-order valence-electron chi connectivity index (χ3n) is 3.42. The topological polar surface area (TPSA) is 34.1 Å². The smallest absolute Gasteiger partial charge is 0.257 e. The molecule has 1 aliphatic rings. The van der Waals surface area contributed by atoms with Gasteiger partial charge in [0.25, 0.3) is 5.24 Å². The minimum absolute atomic E-state index is 0.0681. The van der Waals surface area contributed by atoms with Gasteiger partial charge in [0, 0.05) is 5.92 Å². The van der Waals surface area contributed by atoms with E-state index in [0.717, 1.165) is 25.7 Å². The van der Waals surface area contributed by atoms with Gasteiger partial charge in [0.2, 0.25) is 0 Å². The minimum atomic E-state index is -0.772. The van der Waals surface area contributed by atoms with Gasteiger partial charge in [-0.15, -0.1) is 0 Å². The second-order valence-electron chi connectivity index (χ2n) is 4.67. The van der Waals surface area contributed by atoms with Crippen molar-refractivity contribution < 1.29 is 9.59 Å². The predicted molar refractivity (Wildman–Crippen MR) is 77.0 cm³/mol. The molecule has 0 unspecified atom stereocenters. The van der Waals surface area contributed by atoms with Gasteiger partial charge in [-0.3, -0.25) is 9.59 Å². The summed E-state index contributed by atoms with van der Waals surface area (Å²) in [5.74, 6) is -0.332. The van der Waals surface area contributed by atoms with E-state index in [4.69, 9.17) is 23.2 Å². The van der Waals surface area contributed by atoms with Crippen molar-refractivity contribution in [2.75, 3.05) is 0 Å². The van der Waals surface area contributed by atoms with Crippen molar-refractivity contribution >= 4 is 39.3 Å². The molecule has 0 heterocycles. The third kappa shape index (κ3) is 3.26. The van der Waals surface area contributed by atoms with E-state index in [1.807, 2.05) is 6.07 Å². The Hall–Kier alpha value is -1.12. The van der Waals surface area contributed by atoms with Crippen LogP contribution in [0.5, 0.6) is 0 Å². The summed E-state index contributed by atoms with van der Waals surface area (Å²) in [7, 11) is 0. The first-order valence-electron chi connectivity index (χ1n) is 6.30. The van der Waals surface area contributed by atoms with Gasteiger partial charge >= 0.3 is 0 Å². The minimum Gasteiger partial charge on any atom is -0.294 e. The van der Waals surface area contributed by atoms with Crippen LogP contribution in [0.25, 0.3) is 5.03 Å². The van der Waals surface area contributed by atoms with E-state index in [1.165, 1.54) is 0 Å². The lowest BCUT2D eigenvalue weighted by Gasteiger charge is -2.11. The number of hydrogen-bond donors (Lipinski definition) is 0. The summed E-state index contributed by atoms with van der Waals surface area (Å²) in [5.41, 5.74) is 0.570. The summed E-state index contributed by atoms with van der Waals surface area (Å²) in [6.07, 6.45) is 3.66. The number of Topliss-reactive ketones (excluding diaryl/α,β-unsaturated/α-hetero) is 1. The maximum absolute atomic E-state index is 12.4. The molecule has 2 rings (SSSR count). The van der Waals surface area contributed by atoms with E-state index in [2.05, 4.69) is 0 Å². The van der Waals surface area contributed by atoms with Crippen LogP contribution < -0.4 is 0 Å². The van der Waals surface area contributed by atoms with Crippen molar-refractivity contribution in [1.82, 2.24) is 0 Å². The summed E-state index contributed by atoms with van der Waals surface area (Å²) in [5, 5.41) is -0.622. The van der Waals surface area contributed by atoms with Crippen molar-refractivity contribution in [3.05, 3.63) is 41.5 Å². The summed E-state index contributed by atoms with van der Waals surface area (Å²) >= 11 is 11.8. The van der Waals surface area contributed by atoms with Crippen LogP contribution in [0.1, 0.15) is 31.2 Å². The fraction of sp³-hybridized carbons (Fsp3) is 0.333. The molecule has 1 aromatic rings. The molecule has 1 aliphatic carbocycles. The highest BCUT2D eigenvalue weighted by Crippen LogP contribution is 2.32. The normalized spacial score (nSPS) is 17.2. The highest BCUT2D eigenvalue weighted by molar-refractivity contribution is 6.73. The maximum atomic E-state index is 12.4. The fourth-order valence-electron chi connectivity index (χ4n) is 2.41. The fourth-order valence-corrected chi connectivity index (χ4v) is 2.95. The van der Waals surface area contributed by atoms with Gasteiger partial charge in [0.05, 0.1) is 10.6 Å². The molecule has 0 aliphatic heterocycles. The zero-order chi connectivity index (χ0) is 13.8. The van der Waals surface area contributed by atoms with E-state index in [1.54, 1.807) is 24.3 Å². The van der Waals surface area contributed by atoms with Crippen molar-refractivity contribution in [3.8, 4) is 0 Å². The molecule has 1 aromatic carbocycles. The Balaban J connectivity index is 2.39. The van der Waals surface area contributed by atoms with Crippen LogP contribution >= 0.6 is 23.2 Å². The molecule has 2 nitrogen and oxygen atoms in total. The second-order valence-corrected chi connectivity index (χ2v) is 5.40. The average Bonchev–Trinajstić information content (AvgIpc) is 2.93. The van der Waals surface area contributed by atoms with Gasteiger partial charge in [-0.2, -0.15) is 0 Å². The Kier molecular flexibility index (Phi) is 4.78. The number of carbonyl (C=O) groups is 2. The van der Waals surface area contributed by atoms with Crippen molar-refractivity contribution in [3.63, 3.8) is 0 Å². The number of carbonyl (C=O) groups excluding carboxylic acids is 2. The number of benzene rings is 1. The Morgan fingerprint density at radius 3 is 2.11 bits per heavy atom. The number of allylic oxidation sites excluding steroid dienone is 1. The molecule has 0 spiro atoms. The van der Waals surface area contributed by atoms with Crippen molar-refractivity contribution in [2.45, 2.75) is 25.7 Å². The van der Waals surface area contributed by atoms with Gasteiger partial charge in [-0.05, 0) is 30.0 Å². The van der Waals surface area contributed by atoms with E-state index in [9.17, 15) is 9.59 Å². The van der Waals surface area contributed by atoms with Crippen LogP contribution in [0.15, 0.2) is 35.9 Å². The molecule has 19 heavy (non-hydrogen) atoms. The number of ketones is 1. The molecule has 0 N–H and O–H groups in total. The molecule has 0 saturated heterocycles. The second kappa shape index (κ2) is 6.36. The summed E-state index contributed by atoms with van der Waals surface area (Å²) in [6.45, 7) is 0. The van der Waals surface area contributed by atoms with Crippen molar-refractivity contribution in [1.29, 1.82) is 0 Å². The van der Waals surface area contributed by atoms with Gasteiger partial charge in [0.1, 0.15) is 0 Å². The summed E-state index contributed by atoms with van der Waals surface area (Å²) in [6, 6.07) is 8.95. The highest BCUT2D eigenvalue weighted by atomic mass is 35.5. The van der Waals surface area contributed by atoms with Gasteiger partial charge in [-0.25, -0.2) is 0 Å². The van der Waals surface area contributed by atoms with E-state index >= 15 is 0 Å². The van der Waals surface area contributed by atoms with Crippen LogP contribution in [0.4, 0.5) is 0 Å². The molecule has 0 radical (unpaired) electrons. The Bertz CT molecular complexity index is 514. The van der Waals surface area contributed by atoms with Crippen LogP contribution in [0.2, 0.25) is 0 Å². The third-order valence-corrected chi connectivity index (χ3v) is 4.01. The first-order chi connectivity index (χ1) is 9.11. The van der Waals surface area contributed by atoms with Gasteiger partial charge < -0.3 is 0 Å². The molecule has 0 atom stereocenters. The van der Waals surface area contributed by atoms with Crippen LogP contribution in [0, 0.1) is 5.92 Å². The number of rotatable bonds is 4. The van der Waals surface area contributed by atoms with Crippen molar-refractivity contribution in [2.24, 2.45) is 5.92 Å². The van der Waals surface area contributed by atoms with E-state index < -0.39 is 5.24 Å². The zero-order valence-corrected chi connectivity index (χ0v) is 11.9. The molecule has 0 bridgehead atoms. The lowest BCUT2D eigenvalue weighted by Crippen LogP contribution is -2.18. The monoisotopic (exact) mass is 296 g/mol. The zero-order valence-electron chi connectivity index (χ0n) is 10.4. The van der Waals surface area contributed by atoms with Gasteiger partial charge in [-0.1, -0.05) is 54.8 Å². The number of halogens is 2. The molecule has 100 valence electrons. The molecule has 4 heteroatoms. The molecule has 1 fully saturated rings. The standard InChI is InChI=1S/C15H14Cl2O2/c16-13(10-6-2-1-3-7-10)12(15(17)19)14(18)11-8-4-5-9-11/h1-3,6-7,11H,4-5,8-9H2/b13-12+. The van der Waals surface area contributed by atoms with Crippen LogP contribution in [0.3, 0.4) is 0 Å². The Morgan fingerprint density at radius 1 is 1.00 bits per heavy atom. The number of hydrogen-bond acceptors (Lipinski definition) is 2. The van der Waals surface area contributed by atoms with Gasteiger partial charge in [0.15, 0.2) is 5.78 Å². The van der Waals surface area contributed by atoms with E-state index in [0.29, 0.717) is 5.56 Å². The molecule has 0 amide bonds. The lowest BCUT2D eigenvalue weighted by atomic mass is 9.95. The predicted octanol–water partition coefficient (Wildman–Crippen LogP) is 4.16. The average molecular weight is 297 g/mol. The molecular formula is C15H14Cl2O2. The highest BCUT2D eigenvalue weighted by Gasteiger charge is 2.30. The maximum Gasteiger partial charge on any atom is 0.257 e. The Morgan fingerprint density at radius 2 is 1.58 bits per heavy atom. The first-order valence-corrected chi connectivity index (χ1v) is 7.06. The van der Waals surface area contributed by atoms with Crippen LogP contribution in [-0.4, -0.2) is 11.0 Å². The SMILES string of the molecule is O=C(Cl)/C(C(=O)C1CCCC1)=C(/Cl)c1ccccc1. The van der Waals surface area contributed by atoms with E-state index in [-0.39, 0.29) is 22.3 Å². The Labute approximate surface area is 122 Å². The van der Waals surface area contributed by atoms with Crippen LogP contribution in [-0.2, 0) is 9.59 Å². The first kappa shape index (κ1) is 14.3. The summed E-state index contributed by atoms with van der Waals surface area (Å²) in [4.78, 5) is 23.9. The lowest BCUT2D eigenvalue weighted by molar-refractivity contribution is -0.121. The largest absolute Gasteiger partial charge is 0.294 e. The molecule has 0 aromatic heterocycles. The quantitative estimate of drug-likeness (QED) is 0.362. The summed E-state index contributed by atoms with van der Waals surface area (Å²) < 4.78 is 0. The molecular weight excluding hydrogens is 283 g/mol. The molecule has 1 saturated carbocycles.